The molecule has 146 valence electrons. The van der Waals surface area contributed by atoms with Gasteiger partial charge in [-0.25, -0.2) is 18.4 Å². The quantitative estimate of drug-likeness (QED) is 0.460. The maximum absolute atomic E-state index is 12.9. The number of nitrogens with two attached hydrogens (primary N) is 1. The number of sulfonamides is 1. The van der Waals surface area contributed by atoms with E-state index >= 15 is 0 Å². The molecule has 0 amide bonds. The summed E-state index contributed by atoms with van der Waals surface area (Å²) in [6, 6.07) is 12.9. The lowest BCUT2D eigenvalue weighted by Gasteiger charge is -2.08. The summed E-state index contributed by atoms with van der Waals surface area (Å²) in [5.74, 6) is -0.222. The zero-order valence-electron chi connectivity index (χ0n) is 15.2. The maximum atomic E-state index is 12.9. The van der Waals surface area contributed by atoms with Crippen molar-refractivity contribution in [2.45, 2.75) is 25.2 Å². The van der Waals surface area contributed by atoms with Crippen LogP contribution >= 0.6 is 22.9 Å². The summed E-state index contributed by atoms with van der Waals surface area (Å²) in [4.78, 5) is 14.4. The Kier molecular flexibility index (Phi) is 5.90. The number of primary sulfonamides is 1. The lowest BCUT2D eigenvalue weighted by molar-refractivity contribution is 0.0740. The van der Waals surface area contributed by atoms with Crippen LogP contribution in [0.3, 0.4) is 0 Å². The van der Waals surface area contributed by atoms with Crippen LogP contribution in [0.4, 0.5) is 0 Å². The number of carbonyl (C=O) groups excluding carboxylic acids is 1. The van der Waals surface area contributed by atoms with Crippen LogP contribution in [0.25, 0.3) is 11.1 Å². The van der Waals surface area contributed by atoms with Crippen molar-refractivity contribution in [3.63, 3.8) is 0 Å². The van der Waals surface area contributed by atoms with Gasteiger partial charge in [0.2, 0.25) is 10.0 Å². The Bertz CT molecular complexity index is 1140. The summed E-state index contributed by atoms with van der Waals surface area (Å²) in [6.45, 7) is 3.94. The van der Waals surface area contributed by atoms with E-state index in [2.05, 4.69) is 0 Å². The SMILES string of the molecule is CCc1sc(C(=O)Oc2ccccc2Cl)c(-c2ccc(S(N)(=O)=O)cc2)c1C. The molecule has 8 heteroatoms. The molecule has 0 atom stereocenters. The molecule has 0 aliphatic carbocycles. The average molecular weight is 436 g/mol. The van der Waals surface area contributed by atoms with Crippen LogP contribution in [-0.4, -0.2) is 14.4 Å². The standard InChI is InChI=1S/C20H18ClNO4S2/c1-3-17-12(2)18(13-8-10-14(11-9-13)28(22,24)25)19(27-17)20(23)26-16-7-5-4-6-15(16)21/h4-11H,3H2,1-2H3,(H2,22,24,25). The van der Waals surface area contributed by atoms with Crippen LogP contribution < -0.4 is 9.88 Å². The van der Waals surface area contributed by atoms with E-state index < -0.39 is 16.0 Å². The molecule has 3 rings (SSSR count). The average Bonchev–Trinajstić information content (AvgIpc) is 2.99. The lowest BCUT2D eigenvalue weighted by atomic mass is 10.0. The fourth-order valence-corrected chi connectivity index (χ4v) is 4.71. The third-order valence-corrected chi connectivity index (χ3v) is 6.92. The van der Waals surface area contributed by atoms with Crippen molar-refractivity contribution in [1.29, 1.82) is 0 Å². The molecular weight excluding hydrogens is 418 g/mol. The van der Waals surface area contributed by atoms with Gasteiger partial charge in [-0.05, 0) is 48.7 Å². The summed E-state index contributed by atoms with van der Waals surface area (Å²) < 4.78 is 28.5. The molecule has 3 aromatic rings. The predicted octanol–water partition coefficient (Wildman–Crippen LogP) is 4.81. The third kappa shape index (κ3) is 4.12. The van der Waals surface area contributed by atoms with Crippen LogP contribution in [0.15, 0.2) is 53.4 Å². The molecule has 0 bridgehead atoms. The molecule has 0 spiro atoms. The number of rotatable bonds is 5. The van der Waals surface area contributed by atoms with Gasteiger partial charge >= 0.3 is 5.97 Å². The van der Waals surface area contributed by atoms with Gasteiger partial charge in [-0.2, -0.15) is 0 Å². The number of ether oxygens (including phenoxy) is 1. The van der Waals surface area contributed by atoms with Gasteiger partial charge in [0.15, 0.2) is 0 Å². The zero-order valence-corrected chi connectivity index (χ0v) is 17.6. The van der Waals surface area contributed by atoms with E-state index in [1.54, 1.807) is 36.4 Å². The van der Waals surface area contributed by atoms with Crippen LogP contribution in [0.2, 0.25) is 5.02 Å². The molecule has 0 saturated heterocycles. The highest BCUT2D eigenvalue weighted by atomic mass is 35.5. The highest BCUT2D eigenvalue weighted by Crippen LogP contribution is 2.38. The number of aryl methyl sites for hydroxylation is 1. The van der Waals surface area contributed by atoms with Crippen molar-refractivity contribution < 1.29 is 17.9 Å². The summed E-state index contributed by atoms with van der Waals surface area (Å²) in [7, 11) is -3.79. The fraction of sp³-hybridized carbons (Fsp3) is 0.150. The number of carbonyl (C=O) groups is 1. The van der Waals surface area contributed by atoms with E-state index in [0.717, 1.165) is 22.4 Å². The molecule has 0 unspecified atom stereocenters. The van der Waals surface area contributed by atoms with Crippen LogP contribution in [-0.2, 0) is 16.4 Å². The van der Waals surface area contributed by atoms with Crippen molar-refractivity contribution in [3.05, 3.63) is 68.9 Å². The number of esters is 1. The van der Waals surface area contributed by atoms with E-state index in [1.807, 2.05) is 13.8 Å². The van der Waals surface area contributed by atoms with E-state index in [4.69, 9.17) is 21.5 Å². The highest BCUT2D eigenvalue weighted by Gasteiger charge is 2.23. The van der Waals surface area contributed by atoms with E-state index in [-0.39, 0.29) is 10.6 Å². The summed E-state index contributed by atoms with van der Waals surface area (Å²) in [5.41, 5.74) is 2.40. The number of halogens is 1. The van der Waals surface area contributed by atoms with Crippen molar-refractivity contribution in [1.82, 2.24) is 0 Å². The molecule has 2 aromatic carbocycles. The first-order chi connectivity index (χ1) is 13.2. The van der Waals surface area contributed by atoms with Crippen molar-refractivity contribution >= 4 is 38.9 Å². The zero-order chi connectivity index (χ0) is 20.5. The van der Waals surface area contributed by atoms with Gasteiger partial charge in [-0.1, -0.05) is 42.8 Å². The molecule has 0 aliphatic rings. The van der Waals surface area contributed by atoms with Gasteiger partial charge in [-0.3, -0.25) is 0 Å². The first kappa shape index (κ1) is 20.5. The second-order valence-electron chi connectivity index (χ2n) is 6.10. The molecule has 0 fully saturated rings. The van der Waals surface area contributed by atoms with Crippen LogP contribution in [0, 0.1) is 6.92 Å². The van der Waals surface area contributed by atoms with Crippen LogP contribution in [0.5, 0.6) is 5.75 Å². The molecule has 1 heterocycles. The van der Waals surface area contributed by atoms with Gasteiger partial charge in [0.05, 0.1) is 9.92 Å². The van der Waals surface area contributed by atoms with Crippen molar-refractivity contribution in [3.8, 4) is 16.9 Å². The van der Waals surface area contributed by atoms with E-state index in [1.165, 1.54) is 23.5 Å². The van der Waals surface area contributed by atoms with E-state index in [9.17, 15) is 13.2 Å². The number of hydrogen-bond acceptors (Lipinski definition) is 5. The normalized spacial score (nSPS) is 11.4. The molecule has 28 heavy (non-hydrogen) atoms. The number of hydrogen-bond donors (Lipinski definition) is 1. The number of benzene rings is 2. The number of thiophene rings is 1. The highest BCUT2D eigenvalue weighted by molar-refractivity contribution is 7.89. The Hall–Kier alpha value is -2.19. The third-order valence-electron chi connectivity index (χ3n) is 4.26. The van der Waals surface area contributed by atoms with Gasteiger partial charge < -0.3 is 4.74 Å². The van der Waals surface area contributed by atoms with Gasteiger partial charge in [0, 0.05) is 10.4 Å². The minimum Gasteiger partial charge on any atom is -0.421 e. The summed E-state index contributed by atoms with van der Waals surface area (Å²) >= 11 is 7.46. The second kappa shape index (κ2) is 8.05. The second-order valence-corrected chi connectivity index (χ2v) is 9.17. The van der Waals surface area contributed by atoms with Crippen LogP contribution in [0.1, 0.15) is 27.0 Å². The predicted molar refractivity (Wildman–Crippen MR) is 112 cm³/mol. The molecule has 5 nitrogen and oxygen atoms in total. The topological polar surface area (TPSA) is 86.5 Å². The Balaban J connectivity index is 2.05. The summed E-state index contributed by atoms with van der Waals surface area (Å²) in [5, 5.41) is 5.51. The minimum absolute atomic E-state index is 0.0139. The monoisotopic (exact) mass is 435 g/mol. The molecule has 1 aromatic heterocycles. The Labute approximate surface area is 172 Å². The first-order valence-electron chi connectivity index (χ1n) is 8.44. The smallest absolute Gasteiger partial charge is 0.354 e. The maximum Gasteiger partial charge on any atom is 0.354 e. The Morgan fingerprint density at radius 2 is 1.79 bits per heavy atom. The molecule has 0 radical (unpaired) electrons. The van der Waals surface area contributed by atoms with E-state index in [0.29, 0.717) is 15.5 Å². The lowest BCUT2D eigenvalue weighted by Crippen LogP contribution is -2.12. The molecule has 2 N–H and O–H groups in total. The molecule has 0 aliphatic heterocycles. The largest absolute Gasteiger partial charge is 0.421 e. The molecular formula is C20H18ClNO4S2. The minimum atomic E-state index is -3.79. The van der Waals surface area contributed by atoms with Gasteiger partial charge in [0.25, 0.3) is 0 Å². The summed E-state index contributed by atoms with van der Waals surface area (Å²) in [6.07, 6.45) is 0.762. The fourth-order valence-electron chi connectivity index (χ4n) is 2.87. The molecule has 0 saturated carbocycles. The number of para-hydroxylation sites is 1. The first-order valence-corrected chi connectivity index (χ1v) is 11.2. The Morgan fingerprint density at radius 1 is 1.14 bits per heavy atom. The Morgan fingerprint density at radius 3 is 2.36 bits per heavy atom. The van der Waals surface area contributed by atoms with Gasteiger partial charge in [-0.15, -0.1) is 11.3 Å². The van der Waals surface area contributed by atoms with Crippen molar-refractivity contribution in [2.24, 2.45) is 5.14 Å². The van der Waals surface area contributed by atoms with Crippen molar-refractivity contribution in [2.75, 3.05) is 0 Å². The van der Waals surface area contributed by atoms with Gasteiger partial charge in [0.1, 0.15) is 10.6 Å².